The van der Waals surface area contributed by atoms with Crippen LogP contribution in [0.1, 0.15) is 108 Å². The fourth-order valence-electron chi connectivity index (χ4n) is 1.34. The lowest BCUT2D eigenvalue weighted by atomic mass is 10.1. The van der Waals surface area contributed by atoms with Crippen LogP contribution in [0.15, 0.2) is 0 Å². The number of hydrogen-bond donors (Lipinski definition) is 0. The van der Waals surface area contributed by atoms with Crippen LogP contribution < -0.4 is 0 Å². The summed E-state index contributed by atoms with van der Waals surface area (Å²) in [7, 11) is 0. The third-order valence-corrected chi connectivity index (χ3v) is 3.25. The van der Waals surface area contributed by atoms with E-state index in [0.29, 0.717) is 0 Å². The molecule has 21 heavy (non-hydrogen) atoms. The zero-order valence-electron chi connectivity index (χ0n) is 17.4. The van der Waals surface area contributed by atoms with Crippen LogP contribution in [0.4, 0.5) is 0 Å². The second-order valence-electron chi connectivity index (χ2n) is 8.30. The Hall–Kier alpha value is 0. The highest BCUT2D eigenvalue weighted by Crippen LogP contribution is 2.35. The van der Waals surface area contributed by atoms with Gasteiger partial charge in [-0.1, -0.05) is 95.4 Å². The lowest BCUT2D eigenvalue weighted by Gasteiger charge is -1.95. The van der Waals surface area contributed by atoms with Gasteiger partial charge in [0.1, 0.15) is 0 Å². The molecule has 1 fully saturated rings. The van der Waals surface area contributed by atoms with Crippen LogP contribution in [0.3, 0.4) is 0 Å². The minimum atomic E-state index is 0.833. The molecule has 0 aromatic rings. The van der Waals surface area contributed by atoms with Gasteiger partial charge in [0.05, 0.1) is 0 Å². The maximum Gasteiger partial charge on any atom is -0.0391 e. The molecule has 0 atom stereocenters. The maximum absolute atomic E-state index is 2.30. The summed E-state index contributed by atoms with van der Waals surface area (Å²) in [6, 6.07) is 0. The average molecular weight is 301 g/mol. The van der Waals surface area contributed by atoms with Crippen molar-refractivity contribution in [3.8, 4) is 0 Å². The van der Waals surface area contributed by atoms with Crippen LogP contribution in [0, 0.1) is 29.6 Å². The van der Waals surface area contributed by atoms with Crippen molar-refractivity contribution in [1.29, 1.82) is 0 Å². The van der Waals surface area contributed by atoms with Gasteiger partial charge in [-0.05, 0) is 42.4 Å². The smallest absolute Gasteiger partial charge is 0.0391 e. The molecule has 0 amide bonds. The molecule has 0 nitrogen and oxygen atoms in total. The monoisotopic (exact) mass is 300 g/mol. The molecule has 0 unspecified atom stereocenters. The molecule has 0 aliphatic heterocycles. The summed E-state index contributed by atoms with van der Waals surface area (Å²) in [5.41, 5.74) is 0. The SMILES string of the molecule is CC(C)C.CC(C)C1CC1.CCC(C)C.CCCC(C)C. The number of rotatable bonds is 4. The molecule has 0 N–H and O–H groups in total. The highest BCUT2D eigenvalue weighted by molar-refractivity contribution is 4.75. The molecule has 1 saturated carbocycles. The van der Waals surface area contributed by atoms with Crippen LogP contribution in [0.2, 0.25) is 0 Å². The molecule has 0 radical (unpaired) electrons. The summed E-state index contributed by atoms with van der Waals surface area (Å²) in [5, 5.41) is 0. The Labute approximate surface area is 138 Å². The molecule has 0 bridgehead atoms. The van der Waals surface area contributed by atoms with Crippen LogP contribution in [-0.2, 0) is 0 Å². The summed E-state index contributed by atoms with van der Waals surface area (Å²) in [6.45, 7) is 24.5. The van der Waals surface area contributed by atoms with Gasteiger partial charge in [-0.3, -0.25) is 0 Å². The van der Waals surface area contributed by atoms with Gasteiger partial charge in [0.15, 0.2) is 0 Å². The highest BCUT2D eigenvalue weighted by atomic mass is 14.3. The standard InChI is InChI=1S/C6H12.C6H14.C5H12.C4H10/c1-5(2)6-3-4-6;1-4-5-6(2)3;1-4-5(2)3;1-4(2)3/h5-6H,3-4H2,1-2H3;6H,4-5H2,1-3H3;5H,4H2,1-3H3;4H,1-3H3. The molecule has 1 rings (SSSR count). The summed E-state index contributed by atoms with van der Waals surface area (Å²) in [4.78, 5) is 0. The van der Waals surface area contributed by atoms with Gasteiger partial charge in [0.25, 0.3) is 0 Å². The van der Waals surface area contributed by atoms with Gasteiger partial charge < -0.3 is 0 Å². The van der Waals surface area contributed by atoms with Gasteiger partial charge in [0.2, 0.25) is 0 Å². The van der Waals surface area contributed by atoms with E-state index in [1.54, 1.807) is 0 Å². The molecule has 1 aliphatic carbocycles. The van der Waals surface area contributed by atoms with E-state index in [2.05, 4.69) is 76.2 Å². The van der Waals surface area contributed by atoms with Crippen molar-refractivity contribution < 1.29 is 0 Å². The first-order valence-electron chi connectivity index (χ1n) is 9.58. The molecule has 0 spiro atoms. The molecule has 0 aromatic heterocycles. The Morgan fingerprint density at radius 3 is 1.05 bits per heavy atom. The van der Waals surface area contributed by atoms with Gasteiger partial charge in [0, 0.05) is 0 Å². The van der Waals surface area contributed by atoms with E-state index in [9.17, 15) is 0 Å². The highest BCUT2D eigenvalue weighted by Gasteiger charge is 2.23. The number of hydrogen-bond acceptors (Lipinski definition) is 0. The summed E-state index contributed by atoms with van der Waals surface area (Å²) in [5.74, 6) is 4.68. The van der Waals surface area contributed by atoms with Crippen molar-refractivity contribution >= 4 is 0 Å². The molecule has 0 saturated heterocycles. The van der Waals surface area contributed by atoms with E-state index in [0.717, 1.165) is 29.6 Å². The molecule has 1 aliphatic rings. The quantitative estimate of drug-likeness (QED) is 0.490. The van der Waals surface area contributed by atoms with Crippen molar-refractivity contribution in [2.75, 3.05) is 0 Å². The van der Waals surface area contributed by atoms with Crippen molar-refractivity contribution in [1.82, 2.24) is 0 Å². The van der Waals surface area contributed by atoms with E-state index >= 15 is 0 Å². The van der Waals surface area contributed by atoms with Crippen LogP contribution in [0.25, 0.3) is 0 Å². The molecule has 0 aromatic carbocycles. The minimum Gasteiger partial charge on any atom is -0.0654 e. The van der Waals surface area contributed by atoms with E-state index < -0.39 is 0 Å². The molecule has 0 heteroatoms. The second kappa shape index (κ2) is 18.1. The summed E-state index contributed by atoms with van der Waals surface area (Å²) < 4.78 is 0. The molecule has 132 valence electrons. The predicted molar refractivity (Wildman–Crippen MR) is 103 cm³/mol. The van der Waals surface area contributed by atoms with Gasteiger partial charge in [-0.2, -0.15) is 0 Å². The first-order chi connectivity index (χ1) is 9.58. The van der Waals surface area contributed by atoms with Crippen molar-refractivity contribution in [2.45, 2.75) is 108 Å². The lowest BCUT2D eigenvalue weighted by Crippen LogP contribution is -1.85. The molecular formula is C21H48. The van der Waals surface area contributed by atoms with Gasteiger partial charge in [-0.25, -0.2) is 0 Å². The van der Waals surface area contributed by atoms with E-state index in [1.165, 1.54) is 32.1 Å². The molecular weight excluding hydrogens is 252 g/mol. The Morgan fingerprint density at radius 2 is 1.05 bits per heavy atom. The van der Waals surface area contributed by atoms with E-state index in [4.69, 9.17) is 0 Å². The Balaban J connectivity index is -0.000000209. The maximum atomic E-state index is 2.30. The Bertz CT molecular complexity index is 158. The van der Waals surface area contributed by atoms with Crippen LogP contribution in [-0.4, -0.2) is 0 Å². The van der Waals surface area contributed by atoms with Gasteiger partial charge >= 0.3 is 0 Å². The van der Waals surface area contributed by atoms with Crippen molar-refractivity contribution in [2.24, 2.45) is 29.6 Å². The fraction of sp³-hybridized carbons (Fsp3) is 1.00. The average Bonchev–Trinajstić information content (AvgIpc) is 3.13. The Kier molecular flexibility index (Phi) is 22.3. The molecule has 0 heterocycles. The van der Waals surface area contributed by atoms with Crippen molar-refractivity contribution in [3.63, 3.8) is 0 Å². The largest absolute Gasteiger partial charge is 0.0654 e. The zero-order chi connectivity index (χ0) is 17.4. The normalized spacial score (nSPS) is 13.3. The van der Waals surface area contributed by atoms with E-state index in [-0.39, 0.29) is 0 Å². The Morgan fingerprint density at radius 1 is 0.714 bits per heavy atom. The fourth-order valence-corrected chi connectivity index (χ4v) is 1.34. The summed E-state index contributed by atoms with van der Waals surface area (Å²) in [6.07, 6.45) is 7.01. The van der Waals surface area contributed by atoms with E-state index in [1.807, 2.05) is 0 Å². The minimum absolute atomic E-state index is 0.833. The predicted octanol–water partition coefficient (Wildman–Crippen LogP) is 8.21. The van der Waals surface area contributed by atoms with Crippen molar-refractivity contribution in [3.05, 3.63) is 0 Å². The second-order valence-corrected chi connectivity index (χ2v) is 8.30. The van der Waals surface area contributed by atoms with Gasteiger partial charge in [-0.15, -0.1) is 0 Å². The third kappa shape index (κ3) is 45.0. The lowest BCUT2D eigenvalue weighted by molar-refractivity contribution is 0.563. The first-order valence-corrected chi connectivity index (χ1v) is 9.58. The van der Waals surface area contributed by atoms with Crippen LogP contribution in [0.5, 0.6) is 0 Å². The zero-order valence-corrected chi connectivity index (χ0v) is 17.4. The topological polar surface area (TPSA) is 0 Å². The van der Waals surface area contributed by atoms with Crippen LogP contribution >= 0.6 is 0 Å². The summed E-state index contributed by atoms with van der Waals surface area (Å²) >= 11 is 0. The third-order valence-electron chi connectivity index (χ3n) is 3.25. The first kappa shape index (κ1) is 25.9.